The van der Waals surface area contributed by atoms with Crippen LogP contribution in [-0.4, -0.2) is 70.8 Å². The second-order valence-electron chi connectivity index (χ2n) is 8.50. The number of hydrogen-bond acceptors (Lipinski definition) is 11. The van der Waals surface area contributed by atoms with E-state index in [-0.39, 0.29) is 23.5 Å². The van der Waals surface area contributed by atoms with Gasteiger partial charge in [-0.1, -0.05) is 6.92 Å². The largest absolute Gasteiger partial charge is 0.479 e. The van der Waals surface area contributed by atoms with Crippen LogP contribution in [-0.2, 0) is 20.3 Å². The van der Waals surface area contributed by atoms with Crippen molar-refractivity contribution in [3.05, 3.63) is 47.6 Å². The van der Waals surface area contributed by atoms with Crippen LogP contribution in [0.3, 0.4) is 0 Å². The summed E-state index contributed by atoms with van der Waals surface area (Å²) in [6.45, 7) is 4.43. The first-order chi connectivity index (χ1) is 17.3. The smallest absolute Gasteiger partial charge is 0.245 e. The molecule has 1 fully saturated rings. The molecule has 1 aliphatic heterocycles. The highest BCUT2D eigenvalue weighted by molar-refractivity contribution is 7.91. The fraction of sp³-hybridized carbons (Fsp3) is 0.478. The minimum absolute atomic E-state index is 0.0947. The number of nitrogens with zero attached hydrogens (tertiary/aromatic N) is 7. The normalized spacial score (nSPS) is 17.4. The Balaban J connectivity index is 1.75. The average molecular weight is 514 g/mol. The van der Waals surface area contributed by atoms with Crippen LogP contribution in [0.5, 0.6) is 11.8 Å². The predicted octanol–water partition coefficient (Wildman–Crippen LogP) is 1.95. The van der Waals surface area contributed by atoms with Gasteiger partial charge in [-0.2, -0.15) is 15.2 Å². The van der Waals surface area contributed by atoms with Gasteiger partial charge in [0.25, 0.3) is 0 Å². The summed E-state index contributed by atoms with van der Waals surface area (Å²) >= 11 is 0. The maximum absolute atomic E-state index is 13.6. The number of aromatic nitrogens is 6. The number of sulfone groups is 1. The van der Waals surface area contributed by atoms with Crippen LogP contribution in [0.25, 0.3) is 5.69 Å². The number of rotatable bonds is 9. The molecule has 36 heavy (non-hydrogen) atoms. The highest BCUT2D eigenvalue weighted by Crippen LogP contribution is 2.35. The van der Waals surface area contributed by atoms with Crippen molar-refractivity contribution >= 4 is 9.84 Å². The molecule has 0 amide bonds. The zero-order chi connectivity index (χ0) is 25.9. The molecule has 1 saturated heterocycles. The van der Waals surface area contributed by atoms with E-state index in [1.807, 2.05) is 6.07 Å². The highest BCUT2D eigenvalue weighted by atomic mass is 32.2. The van der Waals surface area contributed by atoms with E-state index in [4.69, 9.17) is 19.5 Å². The molecule has 3 atom stereocenters. The summed E-state index contributed by atoms with van der Waals surface area (Å²) in [7, 11) is -0.824. The van der Waals surface area contributed by atoms with Crippen molar-refractivity contribution in [2.45, 2.75) is 43.1 Å². The van der Waals surface area contributed by atoms with Crippen molar-refractivity contribution < 1.29 is 22.6 Å². The van der Waals surface area contributed by atoms with Crippen LogP contribution in [0.15, 0.2) is 24.7 Å². The minimum atomic E-state index is -3.74. The second-order valence-corrected chi connectivity index (χ2v) is 10.9. The summed E-state index contributed by atoms with van der Waals surface area (Å²) in [5.41, 5.74) is 1.31. The van der Waals surface area contributed by atoms with Crippen LogP contribution in [0, 0.1) is 11.3 Å². The van der Waals surface area contributed by atoms with Gasteiger partial charge >= 0.3 is 0 Å². The molecule has 0 unspecified atom stereocenters. The van der Waals surface area contributed by atoms with Gasteiger partial charge in [0.15, 0.2) is 21.3 Å². The van der Waals surface area contributed by atoms with Gasteiger partial charge in [0.1, 0.15) is 24.0 Å². The topological polar surface area (TPSA) is 155 Å². The summed E-state index contributed by atoms with van der Waals surface area (Å²) in [4.78, 5) is 12.6. The molecular formula is C23H27N7O5S. The van der Waals surface area contributed by atoms with E-state index in [1.54, 1.807) is 30.5 Å². The lowest BCUT2D eigenvalue weighted by molar-refractivity contribution is 0.193. The second kappa shape index (κ2) is 10.5. The number of pyridine rings is 1. The zero-order valence-corrected chi connectivity index (χ0v) is 21.3. The molecule has 3 aromatic rings. The van der Waals surface area contributed by atoms with Crippen molar-refractivity contribution in [1.82, 2.24) is 29.7 Å². The zero-order valence-electron chi connectivity index (χ0n) is 20.4. The van der Waals surface area contributed by atoms with Crippen LogP contribution >= 0.6 is 0 Å². The molecule has 12 nitrogen and oxygen atoms in total. The Kier molecular flexibility index (Phi) is 7.46. The van der Waals surface area contributed by atoms with Gasteiger partial charge in [-0.05, 0) is 25.5 Å². The van der Waals surface area contributed by atoms with Crippen LogP contribution < -0.4 is 9.47 Å². The van der Waals surface area contributed by atoms with Crippen LogP contribution in [0.1, 0.15) is 55.0 Å². The molecular weight excluding hydrogens is 486 g/mol. The summed E-state index contributed by atoms with van der Waals surface area (Å²) in [5, 5.41) is 16.8. The monoisotopic (exact) mass is 513 g/mol. The molecule has 3 aromatic heterocycles. The lowest BCUT2D eigenvalue weighted by Gasteiger charge is -2.21. The molecule has 4 heterocycles. The Morgan fingerprint density at radius 2 is 1.89 bits per heavy atom. The van der Waals surface area contributed by atoms with Gasteiger partial charge in [-0.25, -0.2) is 8.42 Å². The first-order valence-electron chi connectivity index (χ1n) is 11.3. The third-order valence-corrected chi connectivity index (χ3v) is 8.60. The Morgan fingerprint density at radius 3 is 2.44 bits per heavy atom. The fourth-order valence-electron chi connectivity index (χ4n) is 4.11. The standard InChI is InChI=1S/C23H27N7O5S/c1-14(18-6-5-16(9-24)10-25-18)15(2)36(31,32)12-19-28-29-21(17-7-8-35-11-17)30(19)20-22(33-3)26-13-27-23(20)34-4/h5-6,10,13-15,17H,7-8,11-12H2,1-4H3/t14-,15-,17+/m0/s1. The summed E-state index contributed by atoms with van der Waals surface area (Å²) in [6.07, 6.45) is 3.45. The van der Waals surface area contributed by atoms with E-state index in [0.717, 1.165) is 0 Å². The number of nitriles is 1. The molecule has 0 aromatic carbocycles. The lowest BCUT2D eigenvalue weighted by atomic mass is 10.0. The summed E-state index contributed by atoms with van der Waals surface area (Å²) < 4.78 is 45.2. The van der Waals surface area contributed by atoms with Crippen LogP contribution in [0.4, 0.5) is 0 Å². The van der Waals surface area contributed by atoms with Crippen molar-refractivity contribution in [2.75, 3.05) is 27.4 Å². The van der Waals surface area contributed by atoms with Crippen molar-refractivity contribution in [2.24, 2.45) is 0 Å². The summed E-state index contributed by atoms with van der Waals surface area (Å²) in [6, 6.07) is 5.31. The quantitative estimate of drug-likeness (QED) is 0.412. The van der Waals surface area contributed by atoms with E-state index in [9.17, 15) is 8.42 Å². The summed E-state index contributed by atoms with van der Waals surface area (Å²) in [5.74, 6) is 0.200. The van der Waals surface area contributed by atoms with Crippen molar-refractivity contribution in [3.8, 4) is 23.5 Å². The van der Waals surface area contributed by atoms with Gasteiger partial charge in [-0.3, -0.25) is 9.55 Å². The van der Waals surface area contributed by atoms with Gasteiger partial charge in [-0.15, -0.1) is 10.2 Å². The molecule has 4 rings (SSSR count). The van der Waals surface area contributed by atoms with E-state index in [2.05, 4.69) is 25.1 Å². The van der Waals surface area contributed by atoms with Crippen LogP contribution in [0.2, 0.25) is 0 Å². The lowest BCUT2D eigenvalue weighted by Crippen LogP contribution is -2.27. The molecule has 0 saturated carbocycles. The van der Waals surface area contributed by atoms with E-state index in [0.29, 0.717) is 42.4 Å². The molecule has 0 aliphatic carbocycles. The fourth-order valence-corrected chi connectivity index (χ4v) is 5.68. The third-order valence-electron chi connectivity index (χ3n) is 6.40. The number of ether oxygens (including phenoxy) is 3. The number of methoxy groups -OCH3 is 2. The van der Waals surface area contributed by atoms with Gasteiger partial charge in [0, 0.05) is 30.3 Å². The molecule has 0 bridgehead atoms. The highest BCUT2D eigenvalue weighted by Gasteiger charge is 2.34. The first kappa shape index (κ1) is 25.5. The van der Waals surface area contributed by atoms with Gasteiger partial charge < -0.3 is 14.2 Å². The Morgan fingerprint density at radius 1 is 1.17 bits per heavy atom. The minimum Gasteiger partial charge on any atom is -0.479 e. The number of hydrogen-bond donors (Lipinski definition) is 0. The van der Waals surface area contributed by atoms with E-state index >= 15 is 0 Å². The molecule has 13 heteroatoms. The third kappa shape index (κ3) is 4.87. The van der Waals surface area contributed by atoms with E-state index in [1.165, 1.54) is 26.7 Å². The molecule has 0 radical (unpaired) electrons. The Labute approximate surface area is 209 Å². The SMILES string of the molecule is COc1ncnc(OC)c1-n1c(CS(=O)(=O)[C@@H](C)[C@H](C)c2ccc(C#N)cn2)nnc1[C@@H]1CCOC1. The molecule has 0 N–H and O–H groups in total. The van der Waals surface area contributed by atoms with Crippen molar-refractivity contribution in [1.29, 1.82) is 5.26 Å². The first-order valence-corrected chi connectivity index (χ1v) is 13.0. The Hall–Kier alpha value is -3.63. The predicted molar refractivity (Wildman–Crippen MR) is 128 cm³/mol. The maximum atomic E-state index is 13.6. The van der Waals surface area contributed by atoms with Gasteiger partial charge in [0.2, 0.25) is 11.8 Å². The van der Waals surface area contributed by atoms with Gasteiger partial charge in [0.05, 0.1) is 31.6 Å². The van der Waals surface area contributed by atoms with E-state index < -0.39 is 26.8 Å². The average Bonchev–Trinajstić information content (AvgIpc) is 3.57. The Bertz CT molecular complexity index is 1340. The molecule has 0 spiro atoms. The maximum Gasteiger partial charge on any atom is 0.245 e. The molecule has 190 valence electrons. The molecule has 1 aliphatic rings. The van der Waals surface area contributed by atoms with Crippen molar-refractivity contribution in [3.63, 3.8) is 0 Å².